The van der Waals surface area contributed by atoms with Crippen molar-refractivity contribution in [2.45, 2.75) is 25.0 Å². The summed E-state index contributed by atoms with van der Waals surface area (Å²) >= 11 is 0. The van der Waals surface area contributed by atoms with Crippen molar-refractivity contribution in [2.75, 3.05) is 7.11 Å². The van der Waals surface area contributed by atoms with E-state index in [2.05, 4.69) is 9.47 Å². The highest BCUT2D eigenvalue weighted by Gasteiger charge is 2.59. The third kappa shape index (κ3) is 2.81. The molecule has 0 spiro atoms. The van der Waals surface area contributed by atoms with Crippen LogP contribution in [0.2, 0.25) is 0 Å². The number of carbonyl (C=O) groups is 1. The summed E-state index contributed by atoms with van der Waals surface area (Å²) in [4.78, 5) is 11.3. The molecule has 0 bridgehead atoms. The van der Waals surface area contributed by atoms with Crippen LogP contribution in [-0.4, -0.2) is 25.5 Å². The number of esters is 1. The number of rotatable bonds is 3. The second kappa shape index (κ2) is 4.41. The van der Waals surface area contributed by atoms with Gasteiger partial charge in [0.1, 0.15) is 11.4 Å². The average Bonchev–Trinajstić information content (AvgIpc) is 3.01. The number of alkyl halides is 3. The number of ether oxygens (including phenoxy) is 3. The first-order chi connectivity index (χ1) is 8.76. The van der Waals surface area contributed by atoms with Gasteiger partial charge in [0.15, 0.2) is 6.10 Å². The molecule has 1 fully saturated rings. The zero-order valence-corrected chi connectivity index (χ0v) is 10.2. The van der Waals surface area contributed by atoms with Crippen LogP contribution < -0.4 is 4.74 Å². The molecule has 104 valence electrons. The number of benzene rings is 1. The maximum absolute atomic E-state index is 12.0. The Morgan fingerprint density at radius 3 is 2.37 bits per heavy atom. The molecule has 1 heterocycles. The van der Waals surface area contributed by atoms with Gasteiger partial charge in [-0.25, -0.2) is 4.79 Å². The van der Waals surface area contributed by atoms with Crippen molar-refractivity contribution < 1.29 is 32.2 Å². The van der Waals surface area contributed by atoms with Gasteiger partial charge in [-0.3, -0.25) is 0 Å². The van der Waals surface area contributed by atoms with Crippen LogP contribution in [0, 0.1) is 0 Å². The number of epoxide rings is 1. The van der Waals surface area contributed by atoms with Gasteiger partial charge in [0.05, 0.1) is 7.11 Å². The third-order valence-corrected chi connectivity index (χ3v) is 2.88. The fraction of sp³-hybridized carbons (Fsp3) is 0.417. The topological polar surface area (TPSA) is 48.1 Å². The maximum Gasteiger partial charge on any atom is 0.573 e. The predicted molar refractivity (Wildman–Crippen MR) is 57.4 cm³/mol. The molecule has 7 heteroatoms. The van der Waals surface area contributed by atoms with E-state index in [1.54, 1.807) is 6.92 Å². The first-order valence-electron chi connectivity index (χ1n) is 5.38. The monoisotopic (exact) mass is 276 g/mol. The summed E-state index contributed by atoms with van der Waals surface area (Å²) in [6, 6.07) is 5.18. The summed E-state index contributed by atoms with van der Waals surface area (Å²) in [6.07, 6.45) is -5.46. The fourth-order valence-electron chi connectivity index (χ4n) is 1.80. The number of methoxy groups -OCH3 is 1. The van der Waals surface area contributed by atoms with Crippen LogP contribution in [-0.2, 0) is 19.9 Å². The fourth-order valence-corrected chi connectivity index (χ4v) is 1.80. The summed E-state index contributed by atoms with van der Waals surface area (Å²) in [6.45, 7) is 1.66. The highest BCUT2D eigenvalue weighted by molar-refractivity contribution is 5.79. The highest BCUT2D eigenvalue weighted by Crippen LogP contribution is 2.46. The normalized spacial score (nSPS) is 25.8. The molecule has 1 aliphatic heterocycles. The molecule has 1 aromatic carbocycles. The number of carbonyl (C=O) groups excluding carboxylic acids is 1. The second-order valence-electron chi connectivity index (χ2n) is 4.20. The molecular formula is C12H11F3O4. The second-order valence-corrected chi connectivity index (χ2v) is 4.20. The Bertz CT molecular complexity index is 483. The Kier molecular flexibility index (Phi) is 3.17. The Labute approximate surface area is 107 Å². The highest BCUT2D eigenvalue weighted by atomic mass is 19.4. The van der Waals surface area contributed by atoms with Gasteiger partial charge >= 0.3 is 12.3 Å². The molecule has 1 saturated heterocycles. The lowest BCUT2D eigenvalue weighted by atomic mass is 9.97. The van der Waals surface area contributed by atoms with E-state index in [0.29, 0.717) is 5.56 Å². The molecule has 2 unspecified atom stereocenters. The smallest absolute Gasteiger partial charge is 0.467 e. The largest absolute Gasteiger partial charge is 0.573 e. The van der Waals surface area contributed by atoms with E-state index < -0.39 is 24.0 Å². The average molecular weight is 276 g/mol. The van der Waals surface area contributed by atoms with Crippen LogP contribution in [0.15, 0.2) is 24.3 Å². The molecule has 0 aliphatic carbocycles. The van der Waals surface area contributed by atoms with Crippen LogP contribution in [0.5, 0.6) is 5.75 Å². The van der Waals surface area contributed by atoms with E-state index in [-0.39, 0.29) is 5.75 Å². The summed E-state index contributed by atoms with van der Waals surface area (Å²) in [5.74, 6) is -0.840. The summed E-state index contributed by atoms with van der Waals surface area (Å²) in [7, 11) is 1.24. The lowest BCUT2D eigenvalue weighted by Gasteiger charge is -2.10. The predicted octanol–water partition coefficient (Wildman–Crippen LogP) is 2.37. The molecule has 1 aromatic rings. The summed E-state index contributed by atoms with van der Waals surface area (Å²) in [5.41, 5.74) is -0.276. The van der Waals surface area contributed by atoms with Crippen molar-refractivity contribution >= 4 is 5.97 Å². The number of hydrogen-bond donors (Lipinski definition) is 0. The van der Waals surface area contributed by atoms with Gasteiger partial charge in [-0.15, -0.1) is 13.2 Å². The minimum absolute atomic E-state index is 0.324. The van der Waals surface area contributed by atoms with Gasteiger partial charge in [-0.05, 0) is 24.6 Å². The van der Waals surface area contributed by atoms with E-state index in [4.69, 9.17) is 4.74 Å². The van der Waals surface area contributed by atoms with E-state index in [0.717, 1.165) is 0 Å². The van der Waals surface area contributed by atoms with Gasteiger partial charge in [0, 0.05) is 0 Å². The van der Waals surface area contributed by atoms with Gasteiger partial charge in [-0.2, -0.15) is 0 Å². The SMILES string of the molecule is COC(=O)C1OC1(C)c1ccc(OC(F)(F)F)cc1. The Hall–Kier alpha value is -1.76. The van der Waals surface area contributed by atoms with Crippen molar-refractivity contribution in [3.8, 4) is 5.75 Å². The van der Waals surface area contributed by atoms with E-state index in [1.807, 2.05) is 0 Å². The molecule has 0 N–H and O–H groups in total. The van der Waals surface area contributed by atoms with Crippen LogP contribution in [0.3, 0.4) is 0 Å². The zero-order valence-electron chi connectivity index (χ0n) is 10.2. The Morgan fingerprint density at radius 2 is 1.89 bits per heavy atom. The molecule has 19 heavy (non-hydrogen) atoms. The first kappa shape index (κ1) is 13.7. The van der Waals surface area contributed by atoms with Crippen molar-refractivity contribution in [3.63, 3.8) is 0 Å². The van der Waals surface area contributed by atoms with Crippen LogP contribution in [0.25, 0.3) is 0 Å². The minimum Gasteiger partial charge on any atom is -0.467 e. The van der Waals surface area contributed by atoms with Gasteiger partial charge in [0.2, 0.25) is 0 Å². The lowest BCUT2D eigenvalue weighted by Crippen LogP contribution is -2.18. The van der Waals surface area contributed by atoms with E-state index in [1.165, 1.54) is 31.4 Å². The quantitative estimate of drug-likeness (QED) is 0.628. The van der Waals surface area contributed by atoms with Crippen molar-refractivity contribution in [2.24, 2.45) is 0 Å². The molecule has 2 atom stereocenters. The van der Waals surface area contributed by atoms with Gasteiger partial charge < -0.3 is 14.2 Å². The van der Waals surface area contributed by atoms with Crippen LogP contribution >= 0.6 is 0 Å². The Morgan fingerprint density at radius 1 is 1.32 bits per heavy atom. The first-order valence-corrected chi connectivity index (χ1v) is 5.38. The standard InChI is InChI=1S/C12H11F3O4/c1-11(9(19-11)10(16)17-2)7-3-5-8(6-4-7)18-12(13,14)15/h3-6,9H,1-2H3. The van der Waals surface area contributed by atoms with E-state index in [9.17, 15) is 18.0 Å². The molecule has 0 saturated carbocycles. The minimum atomic E-state index is -4.73. The van der Waals surface area contributed by atoms with E-state index >= 15 is 0 Å². The van der Waals surface area contributed by atoms with Gasteiger partial charge in [0.25, 0.3) is 0 Å². The third-order valence-electron chi connectivity index (χ3n) is 2.88. The summed E-state index contributed by atoms with van der Waals surface area (Å²) < 4.78 is 49.5. The van der Waals surface area contributed by atoms with Crippen molar-refractivity contribution in [1.82, 2.24) is 0 Å². The van der Waals surface area contributed by atoms with Crippen molar-refractivity contribution in [3.05, 3.63) is 29.8 Å². The zero-order chi connectivity index (χ0) is 14.3. The number of hydrogen-bond acceptors (Lipinski definition) is 4. The number of halogens is 3. The molecule has 0 radical (unpaired) electrons. The molecule has 0 aromatic heterocycles. The lowest BCUT2D eigenvalue weighted by molar-refractivity contribution is -0.274. The molecule has 2 rings (SSSR count). The summed E-state index contributed by atoms with van der Waals surface area (Å²) in [5, 5.41) is 0. The molecule has 4 nitrogen and oxygen atoms in total. The molecular weight excluding hydrogens is 265 g/mol. The van der Waals surface area contributed by atoms with Crippen molar-refractivity contribution in [1.29, 1.82) is 0 Å². The van der Waals surface area contributed by atoms with Crippen LogP contribution in [0.1, 0.15) is 12.5 Å². The molecule has 1 aliphatic rings. The maximum atomic E-state index is 12.0. The Balaban J connectivity index is 2.10. The molecule has 0 amide bonds. The van der Waals surface area contributed by atoms with Gasteiger partial charge in [-0.1, -0.05) is 12.1 Å². The van der Waals surface area contributed by atoms with Crippen LogP contribution in [0.4, 0.5) is 13.2 Å².